The second-order valence-electron chi connectivity index (χ2n) is 10.9. The first kappa shape index (κ1) is 28.5. The first-order valence-corrected chi connectivity index (χ1v) is 13.6. The van der Waals surface area contributed by atoms with Crippen molar-refractivity contribution >= 4 is 28.6 Å². The van der Waals surface area contributed by atoms with E-state index in [1.54, 1.807) is 31.3 Å². The Morgan fingerprint density at radius 1 is 1.19 bits per heavy atom. The fourth-order valence-corrected chi connectivity index (χ4v) is 5.56. The molecule has 1 saturated heterocycles. The second kappa shape index (κ2) is 10.7. The Kier molecular flexibility index (Phi) is 7.28. The quantitative estimate of drug-likeness (QED) is 0.339. The third-order valence-corrected chi connectivity index (χ3v) is 7.70. The molecular formula is C30H31FN8O3. The van der Waals surface area contributed by atoms with Gasteiger partial charge in [-0.2, -0.15) is 10.2 Å². The number of amides is 1. The number of nitrogen functional groups attached to an aromatic ring is 1. The van der Waals surface area contributed by atoms with Crippen LogP contribution in [0, 0.1) is 24.1 Å². The Bertz CT molecular complexity index is 1830. The molecule has 3 N–H and O–H groups in total. The van der Waals surface area contributed by atoms with Crippen LogP contribution in [-0.2, 0) is 0 Å². The van der Waals surface area contributed by atoms with Crippen LogP contribution in [0.2, 0.25) is 0 Å². The molecule has 4 heterocycles. The Morgan fingerprint density at radius 3 is 2.60 bits per heavy atom. The number of para-hydroxylation sites is 1. The van der Waals surface area contributed by atoms with Crippen molar-refractivity contribution in [1.29, 1.82) is 5.26 Å². The molecule has 1 amide bonds. The highest BCUT2D eigenvalue weighted by atomic mass is 19.1. The van der Waals surface area contributed by atoms with Gasteiger partial charge in [0.2, 0.25) is 0 Å². The molecule has 1 aromatic carbocycles. The summed E-state index contributed by atoms with van der Waals surface area (Å²) in [6, 6.07) is 9.07. The third kappa shape index (κ3) is 4.66. The number of nitrogens with zero attached hydrogens (tertiary/aromatic N) is 7. The van der Waals surface area contributed by atoms with Crippen LogP contribution in [0.5, 0.6) is 0 Å². The molecule has 1 aliphatic heterocycles. The number of aromatic nitrogens is 4. The first-order chi connectivity index (χ1) is 19.9. The number of nitriles is 1. The summed E-state index contributed by atoms with van der Waals surface area (Å²) in [6.07, 6.45) is 0.648. The lowest BCUT2D eigenvalue weighted by atomic mass is 10.0. The minimum absolute atomic E-state index is 0.0526. The topological polar surface area (TPSA) is 154 Å². The van der Waals surface area contributed by atoms with E-state index in [-0.39, 0.29) is 65.1 Å². The lowest BCUT2D eigenvalue weighted by Crippen LogP contribution is -2.58. The fraction of sp³-hybridized carbons (Fsp3) is 0.333. The molecule has 1 fully saturated rings. The van der Waals surface area contributed by atoms with Gasteiger partial charge >= 0.3 is 11.8 Å². The first-order valence-electron chi connectivity index (χ1n) is 13.6. The minimum Gasteiger partial charge on any atom is -0.465 e. The summed E-state index contributed by atoms with van der Waals surface area (Å²) in [7, 11) is 0. The lowest BCUT2D eigenvalue weighted by molar-refractivity contribution is 0.114. The number of aryl methyl sites for hydroxylation is 1. The van der Waals surface area contributed by atoms with Gasteiger partial charge in [-0.15, -0.1) is 0 Å². The molecule has 0 unspecified atom stereocenters. The normalized spacial score (nSPS) is 17.1. The van der Waals surface area contributed by atoms with Crippen LogP contribution in [0.25, 0.3) is 28.0 Å². The van der Waals surface area contributed by atoms with Crippen LogP contribution in [0.3, 0.4) is 0 Å². The number of carbonyl (C=O) groups is 1. The van der Waals surface area contributed by atoms with E-state index in [0.717, 1.165) is 5.56 Å². The molecule has 0 radical (unpaired) electrons. The van der Waals surface area contributed by atoms with Crippen molar-refractivity contribution in [1.82, 2.24) is 24.4 Å². The largest absolute Gasteiger partial charge is 0.465 e. The second-order valence-corrected chi connectivity index (χ2v) is 10.9. The minimum atomic E-state index is -1.03. The van der Waals surface area contributed by atoms with E-state index in [2.05, 4.69) is 16.0 Å². The molecule has 4 aromatic rings. The Morgan fingerprint density at radius 2 is 1.93 bits per heavy atom. The monoisotopic (exact) mass is 570 g/mol. The van der Waals surface area contributed by atoms with Crippen molar-refractivity contribution in [2.75, 3.05) is 23.7 Å². The van der Waals surface area contributed by atoms with Crippen LogP contribution < -0.4 is 16.3 Å². The highest BCUT2D eigenvalue weighted by molar-refractivity contribution is 5.93. The van der Waals surface area contributed by atoms with Gasteiger partial charge in [-0.05, 0) is 50.5 Å². The molecule has 0 spiro atoms. The number of hydrogen-bond acceptors (Lipinski definition) is 8. The molecule has 2 atom stereocenters. The molecule has 12 heteroatoms. The summed E-state index contributed by atoms with van der Waals surface area (Å²) in [5, 5.41) is 20.2. The Hall–Kier alpha value is -5.05. The van der Waals surface area contributed by atoms with E-state index < -0.39 is 17.6 Å². The summed E-state index contributed by atoms with van der Waals surface area (Å²) in [6.45, 7) is 9.88. The van der Waals surface area contributed by atoms with E-state index in [9.17, 15) is 24.3 Å². The van der Waals surface area contributed by atoms with Crippen molar-refractivity contribution in [2.24, 2.45) is 0 Å². The van der Waals surface area contributed by atoms with E-state index >= 15 is 0 Å². The molecular weight excluding hydrogens is 539 g/mol. The zero-order valence-electron chi connectivity index (χ0n) is 24.0. The van der Waals surface area contributed by atoms with Crippen LogP contribution >= 0.6 is 0 Å². The van der Waals surface area contributed by atoms with Crippen molar-refractivity contribution in [3.63, 3.8) is 0 Å². The molecule has 42 heavy (non-hydrogen) atoms. The van der Waals surface area contributed by atoms with E-state index in [1.165, 1.54) is 21.6 Å². The number of anilines is 2. The summed E-state index contributed by atoms with van der Waals surface area (Å²) in [4.78, 5) is 42.9. The number of benzene rings is 1. The van der Waals surface area contributed by atoms with Crippen LogP contribution in [0.15, 0.2) is 41.3 Å². The van der Waals surface area contributed by atoms with Crippen LogP contribution in [0.4, 0.5) is 20.7 Å². The molecule has 0 saturated carbocycles. The van der Waals surface area contributed by atoms with Gasteiger partial charge in [0.25, 0.3) is 0 Å². The molecule has 0 aliphatic carbocycles. The highest BCUT2D eigenvalue weighted by Crippen LogP contribution is 2.36. The van der Waals surface area contributed by atoms with E-state index in [0.29, 0.717) is 16.8 Å². The molecule has 216 valence electrons. The number of pyridine rings is 2. The SMILES string of the molecule is Cc1ccnc(C(C)C)c1-n1c(=O)nc(N2C[C@@H](C)N(C(=O)O)C[C@@H]2C)c2cc(C#N)c(-c3cccc(F)c3N)nc21. The zero-order chi connectivity index (χ0) is 30.5. The Balaban J connectivity index is 1.89. The lowest BCUT2D eigenvalue weighted by Gasteiger charge is -2.43. The number of nitrogens with two attached hydrogens (primary N) is 1. The van der Waals surface area contributed by atoms with E-state index in [1.807, 2.05) is 32.6 Å². The number of fused-ring (bicyclic) bond motifs is 1. The molecule has 5 rings (SSSR count). The predicted molar refractivity (Wildman–Crippen MR) is 157 cm³/mol. The van der Waals surface area contributed by atoms with Gasteiger partial charge in [-0.1, -0.05) is 26.0 Å². The average molecular weight is 571 g/mol. The van der Waals surface area contributed by atoms with Gasteiger partial charge in [0.15, 0.2) is 5.65 Å². The Labute approximate surface area is 241 Å². The number of piperazine rings is 1. The maximum absolute atomic E-state index is 14.5. The van der Waals surface area contributed by atoms with Crippen molar-refractivity contribution in [3.05, 3.63) is 69.7 Å². The standard InChI is InChI=1S/C30H31FN8O3/c1-15(2)24-26(16(3)9-10-34-24)39-28-21(11-19(12-32)25(35-28)20-7-6-8-22(31)23(20)33)27(36-29(39)40)37-13-18(5)38(30(41)42)14-17(37)4/h6-11,15,17-18H,13-14,33H2,1-5H3,(H,41,42)/t17-,18+/m0/s1. The fourth-order valence-electron chi connectivity index (χ4n) is 5.56. The van der Waals surface area contributed by atoms with Gasteiger partial charge in [-0.3, -0.25) is 4.98 Å². The molecule has 1 aliphatic rings. The maximum atomic E-state index is 14.5. The summed E-state index contributed by atoms with van der Waals surface area (Å²) in [5.41, 5.74) is 7.90. The number of hydrogen-bond donors (Lipinski definition) is 2. The van der Waals surface area contributed by atoms with Crippen molar-refractivity contribution in [2.45, 2.75) is 52.6 Å². The highest BCUT2D eigenvalue weighted by Gasteiger charge is 2.34. The third-order valence-electron chi connectivity index (χ3n) is 7.70. The van der Waals surface area contributed by atoms with Crippen molar-refractivity contribution in [3.8, 4) is 23.0 Å². The van der Waals surface area contributed by atoms with Gasteiger partial charge < -0.3 is 20.6 Å². The van der Waals surface area contributed by atoms with Crippen molar-refractivity contribution < 1.29 is 14.3 Å². The van der Waals surface area contributed by atoms with Gasteiger partial charge in [0, 0.05) is 36.9 Å². The molecule has 11 nitrogen and oxygen atoms in total. The predicted octanol–water partition coefficient (Wildman–Crippen LogP) is 4.44. The van der Waals surface area contributed by atoms with Gasteiger partial charge in [0.05, 0.1) is 33.7 Å². The zero-order valence-corrected chi connectivity index (χ0v) is 24.0. The number of carboxylic acid groups (broad SMARTS) is 1. The summed E-state index contributed by atoms with van der Waals surface area (Å²) in [5.74, 6) is -0.426. The van der Waals surface area contributed by atoms with Gasteiger partial charge in [-0.25, -0.2) is 23.5 Å². The van der Waals surface area contributed by atoms with Crippen LogP contribution in [-0.4, -0.2) is 60.8 Å². The van der Waals surface area contributed by atoms with E-state index in [4.69, 9.17) is 10.7 Å². The summed E-state index contributed by atoms with van der Waals surface area (Å²) >= 11 is 0. The smallest absolute Gasteiger partial charge is 0.407 e. The average Bonchev–Trinajstić information content (AvgIpc) is 2.94. The number of halogens is 1. The molecule has 3 aromatic heterocycles. The summed E-state index contributed by atoms with van der Waals surface area (Å²) < 4.78 is 15.9. The van der Waals surface area contributed by atoms with Gasteiger partial charge in [0.1, 0.15) is 17.7 Å². The maximum Gasteiger partial charge on any atom is 0.407 e. The van der Waals surface area contributed by atoms with Crippen LogP contribution in [0.1, 0.15) is 50.4 Å². The molecule has 0 bridgehead atoms. The number of rotatable bonds is 4.